The van der Waals surface area contributed by atoms with Crippen LogP contribution in [0, 0.1) is 0 Å². The quantitative estimate of drug-likeness (QED) is 0.854. The van der Waals surface area contributed by atoms with Crippen LogP contribution in [0.3, 0.4) is 0 Å². The van der Waals surface area contributed by atoms with E-state index in [9.17, 15) is 4.79 Å². The third kappa shape index (κ3) is 2.60. The van der Waals surface area contributed by atoms with E-state index >= 15 is 0 Å². The van der Waals surface area contributed by atoms with Crippen LogP contribution in [0.25, 0.3) is 11.5 Å². The van der Waals surface area contributed by atoms with Gasteiger partial charge in [-0.1, -0.05) is 5.16 Å². The van der Waals surface area contributed by atoms with E-state index in [1.807, 2.05) is 13.8 Å². The van der Waals surface area contributed by atoms with Gasteiger partial charge in [-0.05, 0) is 26.0 Å². The van der Waals surface area contributed by atoms with Gasteiger partial charge in [-0.15, -0.1) is 0 Å². The summed E-state index contributed by atoms with van der Waals surface area (Å²) in [6.45, 7) is 4.00. The first-order valence-corrected chi connectivity index (χ1v) is 5.55. The molecule has 0 fully saturated rings. The maximum Gasteiger partial charge on any atom is 0.273 e. The monoisotopic (exact) mass is 249 g/mol. The van der Waals surface area contributed by atoms with Crippen molar-refractivity contribution < 1.29 is 13.7 Å². The van der Waals surface area contributed by atoms with Gasteiger partial charge in [0.1, 0.15) is 0 Å². The lowest BCUT2D eigenvalue weighted by Crippen LogP contribution is -2.48. The number of hydrogen-bond donors (Lipinski definition) is 2. The molecule has 0 spiro atoms. The van der Waals surface area contributed by atoms with E-state index in [-0.39, 0.29) is 11.6 Å². The Morgan fingerprint density at radius 2 is 2.28 bits per heavy atom. The molecule has 0 saturated heterocycles. The van der Waals surface area contributed by atoms with Crippen LogP contribution in [0.4, 0.5) is 0 Å². The van der Waals surface area contributed by atoms with Crippen molar-refractivity contribution in [1.82, 2.24) is 10.5 Å². The summed E-state index contributed by atoms with van der Waals surface area (Å²) in [5.74, 6) is 0.613. The summed E-state index contributed by atoms with van der Waals surface area (Å²) in [5, 5.41) is 6.47. The SMILES string of the molecule is CC(C)(CN)NC(=O)c1cc(-c2ccco2)on1. The molecule has 0 bridgehead atoms. The topological polar surface area (TPSA) is 94.3 Å². The largest absolute Gasteiger partial charge is 0.461 e. The number of nitrogens with one attached hydrogen (secondary N) is 1. The molecule has 0 unspecified atom stereocenters. The van der Waals surface area contributed by atoms with Gasteiger partial charge in [0, 0.05) is 18.2 Å². The van der Waals surface area contributed by atoms with Crippen molar-refractivity contribution in [3.8, 4) is 11.5 Å². The Bertz CT molecular complexity index is 529. The van der Waals surface area contributed by atoms with E-state index in [4.69, 9.17) is 14.7 Å². The molecule has 2 heterocycles. The highest BCUT2D eigenvalue weighted by molar-refractivity contribution is 5.93. The molecule has 96 valence electrons. The van der Waals surface area contributed by atoms with E-state index in [0.29, 0.717) is 18.1 Å². The van der Waals surface area contributed by atoms with E-state index in [1.54, 1.807) is 12.1 Å². The summed E-state index contributed by atoms with van der Waals surface area (Å²) in [6.07, 6.45) is 1.52. The van der Waals surface area contributed by atoms with Crippen LogP contribution in [0.2, 0.25) is 0 Å². The summed E-state index contributed by atoms with van der Waals surface area (Å²) < 4.78 is 10.2. The first kappa shape index (κ1) is 12.4. The second-order valence-corrected chi connectivity index (χ2v) is 4.60. The van der Waals surface area contributed by atoms with Gasteiger partial charge in [0.05, 0.1) is 6.26 Å². The van der Waals surface area contributed by atoms with Crippen molar-refractivity contribution in [1.29, 1.82) is 0 Å². The van der Waals surface area contributed by atoms with Crippen molar-refractivity contribution in [2.24, 2.45) is 5.73 Å². The summed E-state index contributed by atoms with van der Waals surface area (Å²) in [7, 11) is 0. The zero-order chi connectivity index (χ0) is 13.2. The molecule has 1 amide bonds. The minimum absolute atomic E-state index is 0.197. The van der Waals surface area contributed by atoms with Crippen LogP contribution < -0.4 is 11.1 Å². The van der Waals surface area contributed by atoms with Gasteiger partial charge in [-0.3, -0.25) is 4.79 Å². The van der Waals surface area contributed by atoms with Gasteiger partial charge in [-0.2, -0.15) is 0 Å². The fraction of sp³-hybridized carbons (Fsp3) is 0.333. The van der Waals surface area contributed by atoms with Gasteiger partial charge in [0.2, 0.25) is 5.76 Å². The molecule has 2 aromatic heterocycles. The smallest absolute Gasteiger partial charge is 0.273 e. The standard InChI is InChI=1S/C12H15N3O3/c1-12(2,7-13)14-11(16)8-6-10(18-15-8)9-4-3-5-17-9/h3-6H,7,13H2,1-2H3,(H,14,16). The summed E-state index contributed by atoms with van der Waals surface area (Å²) >= 11 is 0. The molecule has 6 nitrogen and oxygen atoms in total. The average molecular weight is 249 g/mol. The van der Waals surface area contributed by atoms with Crippen molar-refractivity contribution in [3.63, 3.8) is 0 Å². The fourth-order valence-electron chi connectivity index (χ4n) is 1.34. The average Bonchev–Trinajstić information content (AvgIpc) is 2.99. The van der Waals surface area contributed by atoms with Gasteiger partial charge < -0.3 is 20.0 Å². The van der Waals surface area contributed by atoms with Gasteiger partial charge in [0.15, 0.2) is 11.5 Å². The van der Waals surface area contributed by atoms with E-state index in [0.717, 1.165) is 0 Å². The Morgan fingerprint density at radius 3 is 2.89 bits per heavy atom. The van der Waals surface area contributed by atoms with Crippen molar-refractivity contribution in [2.45, 2.75) is 19.4 Å². The Balaban J connectivity index is 2.13. The third-order valence-corrected chi connectivity index (χ3v) is 2.47. The number of aromatic nitrogens is 1. The minimum atomic E-state index is -0.485. The third-order valence-electron chi connectivity index (χ3n) is 2.47. The molecule has 0 aromatic carbocycles. The molecule has 3 N–H and O–H groups in total. The van der Waals surface area contributed by atoms with Gasteiger partial charge in [-0.25, -0.2) is 0 Å². The molecular weight excluding hydrogens is 234 g/mol. The number of carbonyl (C=O) groups excluding carboxylic acids is 1. The number of amides is 1. The number of rotatable bonds is 4. The lowest BCUT2D eigenvalue weighted by atomic mass is 10.1. The van der Waals surface area contributed by atoms with Crippen LogP contribution in [0.1, 0.15) is 24.3 Å². The van der Waals surface area contributed by atoms with Crippen molar-refractivity contribution >= 4 is 5.91 Å². The Kier molecular flexibility index (Phi) is 3.20. The van der Waals surface area contributed by atoms with E-state index in [1.165, 1.54) is 12.3 Å². The molecule has 0 saturated carbocycles. The van der Waals surface area contributed by atoms with E-state index < -0.39 is 5.54 Å². The molecule has 2 rings (SSSR count). The maximum absolute atomic E-state index is 11.9. The number of furan rings is 1. The van der Waals surface area contributed by atoms with Crippen molar-refractivity contribution in [3.05, 3.63) is 30.2 Å². The van der Waals surface area contributed by atoms with Crippen LogP contribution in [-0.2, 0) is 0 Å². The first-order valence-electron chi connectivity index (χ1n) is 5.55. The molecule has 0 aliphatic heterocycles. The van der Waals surface area contributed by atoms with Crippen LogP contribution >= 0.6 is 0 Å². The summed E-state index contributed by atoms with van der Waals surface area (Å²) in [5.41, 5.74) is 5.25. The zero-order valence-electron chi connectivity index (χ0n) is 10.3. The number of nitrogens with zero attached hydrogens (tertiary/aromatic N) is 1. The number of nitrogens with two attached hydrogens (primary N) is 1. The summed E-state index contributed by atoms with van der Waals surface area (Å²) in [6, 6.07) is 4.99. The highest BCUT2D eigenvalue weighted by Crippen LogP contribution is 2.20. The van der Waals surface area contributed by atoms with Crippen LogP contribution in [0.5, 0.6) is 0 Å². The minimum Gasteiger partial charge on any atom is -0.461 e. The Labute approximate surface area is 104 Å². The second-order valence-electron chi connectivity index (χ2n) is 4.60. The Morgan fingerprint density at radius 1 is 1.50 bits per heavy atom. The molecule has 0 radical (unpaired) electrons. The maximum atomic E-state index is 11.9. The van der Waals surface area contributed by atoms with Gasteiger partial charge in [0.25, 0.3) is 5.91 Å². The number of hydrogen-bond acceptors (Lipinski definition) is 5. The predicted molar refractivity (Wildman–Crippen MR) is 64.8 cm³/mol. The Hall–Kier alpha value is -2.08. The lowest BCUT2D eigenvalue weighted by molar-refractivity contribution is 0.0906. The molecule has 0 aliphatic rings. The highest BCUT2D eigenvalue weighted by Gasteiger charge is 2.22. The van der Waals surface area contributed by atoms with Crippen molar-refractivity contribution in [2.75, 3.05) is 6.54 Å². The van der Waals surface area contributed by atoms with Gasteiger partial charge >= 0.3 is 0 Å². The summed E-state index contributed by atoms with van der Waals surface area (Å²) in [4.78, 5) is 11.9. The van der Waals surface area contributed by atoms with Crippen LogP contribution in [0.15, 0.2) is 33.4 Å². The molecule has 2 aromatic rings. The fourth-order valence-corrected chi connectivity index (χ4v) is 1.34. The first-order chi connectivity index (χ1) is 8.52. The molecule has 6 heteroatoms. The molecule has 0 aliphatic carbocycles. The molecule has 18 heavy (non-hydrogen) atoms. The predicted octanol–water partition coefficient (Wildman–Crippen LogP) is 1.40. The molecular formula is C12H15N3O3. The zero-order valence-corrected chi connectivity index (χ0v) is 10.3. The normalized spacial score (nSPS) is 11.5. The number of carbonyl (C=O) groups is 1. The molecule has 0 atom stereocenters. The van der Waals surface area contributed by atoms with E-state index in [2.05, 4.69) is 10.5 Å². The second kappa shape index (κ2) is 4.66. The van der Waals surface area contributed by atoms with Crippen LogP contribution in [-0.4, -0.2) is 23.1 Å². The lowest BCUT2D eigenvalue weighted by Gasteiger charge is -2.23. The highest BCUT2D eigenvalue weighted by atomic mass is 16.5.